The molecule has 2 fully saturated rings. The zero-order chi connectivity index (χ0) is 22.7. The normalized spacial score (nSPS) is 26.7. The van der Waals surface area contributed by atoms with Crippen LogP contribution < -0.4 is 4.74 Å². The van der Waals surface area contributed by atoms with Gasteiger partial charge in [0.25, 0.3) is 0 Å². The first kappa shape index (κ1) is 23.1. The molecule has 1 heterocycles. The molecule has 1 saturated carbocycles. The Kier molecular flexibility index (Phi) is 7.08. The lowest BCUT2D eigenvalue weighted by Gasteiger charge is -2.37. The molecule has 0 aromatic heterocycles. The third-order valence-electron chi connectivity index (χ3n) is 6.93. The minimum atomic E-state index is -4.91. The number of hydrogen-bond acceptors (Lipinski definition) is 2. The van der Waals surface area contributed by atoms with Gasteiger partial charge in [-0.3, -0.25) is 0 Å². The van der Waals surface area contributed by atoms with Crippen molar-refractivity contribution in [3.63, 3.8) is 0 Å². The molecule has 176 valence electrons. The van der Waals surface area contributed by atoms with Crippen LogP contribution in [0.15, 0.2) is 42.5 Å². The van der Waals surface area contributed by atoms with Gasteiger partial charge >= 0.3 is 6.36 Å². The molecule has 2 nitrogen and oxygen atoms in total. The number of hydrogen-bond donors (Lipinski definition) is 0. The Labute approximate surface area is 188 Å². The fourth-order valence-electron chi connectivity index (χ4n) is 5.09. The van der Waals surface area contributed by atoms with E-state index in [4.69, 9.17) is 4.74 Å². The molecule has 0 spiro atoms. The number of benzene rings is 2. The first-order chi connectivity index (χ1) is 15.3. The van der Waals surface area contributed by atoms with Crippen molar-refractivity contribution in [3.8, 4) is 16.9 Å². The van der Waals surface area contributed by atoms with Crippen molar-refractivity contribution in [2.45, 2.75) is 64.3 Å². The average molecular weight is 453 g/mol. The van der Waals surface area contributed by atoms with Gasteiger partial charge in [-0.1, -0.05) is 37.3 Å². The molecule has 32 heavy (non-hydrogen) atoms. The van der Waals surface area contributed by atoms with Crippen LogP contribution in [-0.2, 0) is 11.2 Å². The van der Waals surface area contributed by atoms with Gasteiger partial charge in [0.05, 0.1) is 6.10 Å². The van der Waals surface area contributed by atoms with E-state index in [1.165, 1.54) is 50.2 Å². The van der Waals surface area contributed by atoms with E-state index in [1.54, 1.807) is 0 Å². The highest BCUT2D eigenvalue weighted by Gasteiger charge is 2.32. The maximum absolute atomic E-state index is 14.0. The van der Waals surface area contributed by atoms with E-state index in [0.717, 1.165) is 30.7 Å². The number of alkyl halides is 3. The number of halogens is 4. The lowest BCUT2D eigenvalue weighted by atomic mass is 9.75. The Morgan fingerprint density at radius 3 is 2.22 bits per heavy atom. The predicted octanol–water partition coefficient (Wildman–Crippen LogP) is 7.80. The summed E-state index contributed by atoms with van der Waals surface area (Å²) in [5, 5.41) is 0. The maximum Gasteiger partial charge on any atom is 0.573 e. The van der Waals surface area contributed by atoms with Crippen molar-refractivity contribution >= 4 is 0 Å². The van der Waals surface area contributed by atoms with Crippen LogP contribution in [0, 0.1) is 23.6 Å². The van der Waals surface area contributed by atoms with Gasteiger partial charge in [-0.15, -0.1) is 13.2 Å². The SMILES string of the molecule is CC1CCC(C2CCC(Cc3ccc(-c4ccc(OC(F)(F)F)c(F)c4)cc3)CC2)OC1.[HH]. The molecule has 2 atom stereocenters. The van der Waals surface area contributed by atoms with E-state index in [0.29, 0.717) is 29.4 Å². The molecule has 2 aromatic carbocycles. The van der Waals surface area contributed by atoms with Crippen LogP contribution in [0.1, 0.15) is 52.4 Å². The summed E-state index contributed by atoms with van der Waals surface area (Å²) in [5.74, 6) is 0.197. The van der Waals surface area contributed by atoms with Gasteiger partial charge in [0.2, 0.25) is 0 Å². The lowest BCUT2D eigenvalue weighted by Crippen LogP contribution is -2.33. The standard InChI is InChI=1S/C26H30F4O2.H2/c1-17-2-12-24(31-16-17)21-9-5-19(6-10-21)14-18-3-7-20(8-4-18)22-11-13-25(23(27)15-22)32-26(28,29)30;/h3-4,7-8,11,13,15,17,19,21,24H,2,5-6,9-10,12,14,16H2,1H3;1H. The molecular formula is C26H32F4O2. The molecule has 4 rings (SSSR count). The van der Waals surface area contributed by atoms with Gasteiger partial charge in [0.15, 0.2) is 11.6 Å². The number of ether oxygens (including phenoxy) is 2. The molecule has 2 aromatic rings. The topological polar surface area (TPSA) is 18.5 Å². The van der Waals surface area contributed by atoms with E-state index in [2.05, 4.69) is 11.7 Å². The van der Waals surface area contributed by atoms with E-state index < -0.39 is 17.9 Å². The monoisotopic (exact) mass is 452 g/mol. The summed E-state index contributed by atoms with van der Waals surface area (Å²) in [6, 6.07) is 11.4. The molecule has 0 amide bonds. The Hall–Kier alpha value is -2.08. The molecule has 0 bridgehead atoms. The molecule has 1 aliphatic carbocycles. The third-order valence-corrected chi connectivity index (χ3v) is 6.93. The Morgan fingerprint density at radius 2 is 1.62 bits per heavy atom. The van der Waals surface area contributed by atoms with Crippen LogP contribution in [0.3, 0.4) is 0 Å². The van der Waals surface area contributed by atoms with Crippen molar-refractivity contribution < 1.29 is 28.5 Å². The van der Waals surface area contributed by atoms with Crippen LogP contribution in [0.2, 0.25) is 0 Å². The van der Waals surface area contributed by atoms with E-state index >= 15 is 0 Å². The van der Waals surface area contributed by atoms with Crippen LogP contribution in [-0.4, -0.2) is 19.1 Å². The molecular weight excluding hydrogens is 420 g/mol. The highest BCUT2D eigenvalue weighted by Crippen LogP contribution is 2.37. The molecule has 2 aliphatic rings. The Morgan fingerprint density at radius 1 is 0.938 bits per heavy atom. The van der Waals surface area contributed by atoms with Gasteiger partial charge in [0.1, 0.15) is 0 Å². The van der Waals surface area contributed by atoms with Crippen LogP contribution >= 0.6 is 0 Å². The second-order valence-corrected chi connectivity index (χ2v) is 9.43. The molecule has 0 radical (unpaired) electrons. The van der Waals surface area contributed by atoms with Gasteiger partial charge in [-0.2, -0.15) is 0 Å². The summed E-state index contributed by atoms with van der Waals surface area (Å²) in [5.41, 5.74) is 2.52. The predicted molar refractivity (Wildman–Crippen MR) is 118 cm³/mol. The van der Waals surface area contributed by atoms with Crippen LogP contribution in [0.4, 0.5) is 17.6 Å². The maximum atomic E-state index is 14.0. The second-order valence-electron chi connectivity index (χ2n) is 9.43. The van der Waals surface area contributed by atoms with Crippen LogP contribution in [0.25, 0.3) is 11.1 Å². The zero-order valence-electron chi connectivity index (χ0n) is 18.3. The summed E-state index contributed by atoms with van der Waals surface area (Å²) in [7, 11) is 0. The molecule has 1 saturated heterocycles. The van der Waals surface area contributed by atoms with Gasteiger partial charge in [0, 0.05) is 8.03 Å². The zero-order valence-corrected chi connectivity index (χ0v) is 18.3. The highest BCUT2D eigenvalue weighted by molar-refractivity contribution is 5.64. The van der Waals surface area contributed by atoms with Gasteiger partial charge in [-0.05, 0) is 91.5 Å². The Balaban J connectivity index is 0.00000306. The minimum Gasteiger partial charge on any atom is -0.403 e. The van der Waals surface area contributed by atoms with Crippen molar-refractivity contribution in [2.75, 3.05) is 6.61 Å². The fraction of sp³-hybridized carbons (Fsp3) is 0.538. The summed E-state index contributed by atoms with van der Waals surface area (Å²) >= 11 is 0. The largest absolute Gasteiger partial charge is 0.573 e. The summed E-state index contributed by atoms with van der Waals surface area (Å²) in [6.07, 6.45) is 3.91. The Bertz CT molecular complexity index is 884. The average Bonchev–Trinajstić information content (AvgIpc) is 2.76. The summed E-state index contributed by atoms with van der Waals surface area (Å²) < 4.78 is 60.7. The smallest absolute Gasteiger partial charge is 0.403 e. The molecule has 6 heteroatoms. The second kappa shape index (κ2) is 9.82. The first-order valence-corrected chi connectivity index (χ1v) is 11.5. The quantitative estimate of drug-likeness (QED) is 0.431. The van der Waals surface area contributed by atoms with Gasteiger partial charge < -0.3 is 9.47 Å². The van der Waals surface area contributed by atoms with Crippen LogP contribution in [0.5, 0.6) is 5.75 Å². The van der Waals surface area contributed by atoms with Gasteiger partial charge in [-0.25, -0.2) is 4.39 Å². The lowest BCUT2D eigenvalue weighted by molar-refractivity contribution is -0.275. The minimum absolute atomic E-state index is 0. The van der Waals surface area contributed by atoms with Crippen molar-refractivity contribution in [1.82, 2.24) is 0 Å². The van der Waals surface area contributed by atoms with Crippen molar-refractivity contribution in [2.24, 2.45) is 17.8 Å². The number of rotatable bonds is 5. The van der Waals surface area contributed by atoms with E-state index in [1.807, 2.05) is 24.3 Å². The molecule has 1 aliphatic heterocycles. The fourth-order valence-corrected chi connectivity index (χ4v) is 5.09. The van der Waals surface area contributed by atoms with E-state index in [-0.39, 0.29) is 1.43 Å². The summed E-state index contributed by atoms with van der Waals surface area (Å²) in [6.45, 7) is 3.16. The summed E-state index contributed by atoms with van der Waals surface area (Å²) in [4.78, 5) is 0. The molecule has 0 N–H and O–H groups in total. The first-order valence-electron chi connectivity index (χ1n) is 11.5. The highest BCUT2D eigenvalue weighted by atomic mass is 19.4. The van der Waals surface area contributed by atoms with Crippen molar-refractivity contribution in [1.29, 1.82) is 0 Å². The molecule has 2 unspecified atom stereocenters. The third kappa shape index (κ3) is 6.03. The van der Waals surface area contributed by atoms with Crippen molar-refractivity contribution in [3.05, 3.63) is 53.8 Å². The van der Waals surface area contributed by atoms with E-state index in [9.17, 15) is 17.6 Å².